The molecule has 0 aliphatic carbocycles. The first-order chi connectivity index (χ1) is 8.65. The summed E-state index contributed by atoms with van der Waals surface area (Å²) in [7, 11) is 2.08. The van der Waals surface area contributed by atoms with Gasteiger partial charge in [-0.3, -0.25) is 4.90 Å². The van der Waals surface area contributed by atoms with Crippen LogP contribution in [0.4, 0.5) is 0 Å². The summed E-state index contributed by atoms with van der Waals surface area (Å²) in [5, 5.41) is 2.08. The Balaban J connectivity index is 1.94. The van der Waals surface area contributed by atoms with E-state index in [1.807, 2.05) is 17.6 Å². The van der Waals surface area contributed by atoms with Crippen molar-refractivity contribution in [3.05, 3.63) is 52.0 Å². The fourth-order valence-corrected chi connectivity index (χ4v) is 2.42. The minimum absolute atomic E-state index is 0.442. The number of rotatable bonds is 5. The molecule has 94 valence electrons. The van der Waals surface area contributed by atoms with E-state index in [0.717, 1.165) is 24.3 Å². The normalized spacial score (nSPS) is 10.8. The van der Waals surface area contributed by atoms with Crippen LogP contribution < -0.4 is 5.73 Å². The number of thiazole rings is 1. The lowest BCUT2D eigenvalue weighted by atomic mass is 10.1. The third-order valence-corrected chi connectivity index (χ3v) is 3.48. The fourth-order valence-electron chi connectivity index (χ4n) is 1.73. The molecule has 1 aromatic carbocycles. The molecular formula is C13H15N3S2. The minimum atomic E-state index is 0.442. The largest absolute Gasteiger partial charge is 0.389 e. The van der Waals surface area contributed by atoms with Crippen molar-refractivity contribution in [1.29, 1.82) is 0 Å². The Kier molecular flexibility index (Phi) is 4.41. The first-order valence-electron chi connectivity index (χ1n) is 5.59. The van der Waals surface area contributed by atoms with Crippen molar-refractivity contribution < 1.29 is 0 Å². The van der Waals surface area contributed by atoms with Crippen LogP contribution in [0.3, 0.4) is 0 Å². The number of nitrogens with zero attached hydrogens (tertiary/aromatic N) is 2. The van der Waals surface area contributed by atoms with E-state index >= 15 is 0 Å². The summed E-state index contributed by atoms with van der Waals surface area (Å²) >= 11 is 6.56. The van der Waals surface area contributed by atoms with E-state index in [1.165, 1.54) is 5.56 Å². The summed E-state index contributed by atoms with van der Waals surface area (Å²) < 4.78 is 0. The van der Waals surface area contributed by atoms with Gasteiger partial charge in [0, 0.05) is 24.0 Å². The van der Waals surface area contributed by atoms with Crippen molar-refractivity contribution in [1.82, 2.24) is 9.88 Å². The summed E-state index contributed by atoms with van der Waals surface area (Å²) in [5.74, 6) is 0. The maximum absolute atomic E-state index is 5.57. The molecule has 3 nitrogen and oxygen atoms in total. The lowest BCUT2D eigenvalue weighted by Crippen LogP contribution is -2.17. The van der Waals surface area contributed by atoms with E-state index in [-0.39, 0.29) is 0 Å². The van der Waals surface area contributed by atoms with E-state index < -0.39 is 0 Å². The molecule has 0 radical (unpaired) electrons. The van der Waals surface area contributed by atoms with Crippen LogP contribution in [-0.2, 0) is 13.1 Å². The van der Waals surface area contributed by atoms with Crippen LogP contribution in [0.25, 0.3) is 0 Å². The average Bonchev–Trinajstić information content (AvgIpc) is 2.82. The molecule has 0 saturated carbocycles. The SMILES string of the molecule is CN(Cc1ccc(C(N)=S)cc1)Cc1cscn1. The molecule has 0 aliphatic heterocycles. The van der Waals surface area contributed by atoms with Crippen molar-refractivity contribution in [2.75, 3.05) is 7.05 Å². The van der Waals surface area contributed by atoms with Crippen LogP contribution in [0.1, 0.15) is 16.8 Å². The van der Waals surface area contributed by atoms with Gasteiger partial charge in [0.05, 0.1) is 11.2 Å². The third-order valence-electron chi connectivity index (χ3n) is 2.61. The van der Waals surface area contributed by atoms with E-state index in [4.69, 9.17) is 18.0 Å². The van der Waals surface area contributed by atoms with Crippen molar-refractivity contribution in [3.8, 4) is 0 Å². The lowest BCUT2D eigenvalue weighted by molar-refractivity contribution is 0.316. The molecule has 0 atom stereocenters. The van der Waals surface area contributed by atoms with Gasteiger partial charge in [-0.1, -0.05) is 36.5 Å². The van der Waals surface area contributed by atoms with Gasteiger partial charge in [-0.25, -0.2) is 4.98 Å². The maximum atomic E-state index is 5.57. The molecular weight excluding hydrogens is 262 g/mol. The molecule has 0 spiro atoms. The van der Waals surface area contributed by atoms with Gasteiger partial charge < -0.3 is 5.73 Å². The number of aromatic nitrogens is 1. The predicted molar refractivity (Wildman–Crippen MR) is 79.6 cm³/mol. The molecule has 18 heavy (non-hydrogen) atoms. The van der Waals surface area contributed by atoms with E-state index in [9.17, 15) is 0 Å². The molecule has 0 fully saturated rings. The van der Waals surface area contributed by atoms with Gasteiger partial charge in [-0.15, -0.1) is 11.3 Å². The summed E-state index contributed by atoms with van der Waals surface area (Å²) in [6.07, 6.45) is 0. The third kappa shape index (κ3) is 3.60. The molecule has 0 aliphatic rings. The quantitative estimate of drug-likeness (QED) is 0.852. The zero-order valence-electron chi connectivity index (χ0n) is 10.2. The lowest BCUT2D eigenvalue weighted by Gasteiger charge is -2.15. The van der Waals surface area contributed by atoms with Crippen LogP contribution in [0, 0.1) is 0 Å². The van der Waals surface area contributed by atoms with Crippen molar-refractivity contribution in [2.45, 2.75) is 13.1 Å². The zero-order chi connectivity index (χ0) is 13.0. The Morgan fingerprint density at radius 3 is 2.61 bits per heavy atom. The van der Waals surface area contributed by atoms with Gasteiger partial charge in [-0.05, 0) is 12.6 Å². The first-order valence-corrected chi connectivity index (χ1v) is 6.94. The predicted octanol–water partition coefficient (Wildman–Crippen LogP) is 2.41. The van der Waals surface area contributed by atoms with Crippen molar-refractivity contribution in [2.24, 2.45) is 5.73 Å². The van der Waals surface area contributed by atoms with Crippen LogP contribution in [0.5, 0.6) is 0 Å². The van der Waals surface area contributed by atoms with E-state index in [2.05, 4.69) is 34.4 Å². The van der Waals surface area contributed by atoms with Gasteiger partial charge >= 0.3 is 0 Å². The topological polar surface area (TPSA) is 42.1 Å². The van der Waals surface area contributed by atoms with Crippen LogP contribution in [0.2, 0.25) is 0 Å². The van der Waals surface area contributed by atoms with Gasteiger partial charge in [0.2, 0.25) is 0 Å². The molecule has 5 heteroatoms. The summed E-state index contributed by atoms with van der Waals surface area (Å²) in [4.78, 5) is 6.95. The molecule has 2 aromatic rings. The highest BCUT2D eigenvalue weighted by Gasteiger charge is 2.03. The standard InChI is InChI=1S/C13H15N3S2/c1-16(7-12-8-18-9-15-12)6-10-2-4-11(5-3-10)13(14)17/h2-5,8-9H,6-7H2,1H3,(H2,14,17). The second kappa shape index (κ2) is 6.04. The second-order valence-electron chi connectivity index (χ2n) is 4.21. The summed E-state index contributed by atoms with van der Waals surface area (Å²) in [5.41, 5.74) is 10.7. The highest BCUT2D eigenvalue weighted by atomic mass is 32.1. The first kappa shape index (κ1) is 13.1. The van der Waals surface area contributed by atoms with E-state index in [0.29, 0.717) is 4.99 Å². The molecule has 2 N–H and O–H groups in total. The Bertz CT molecular complexity index is 506. The Labute approximate surface area is 116 Å². The van der Waals surface area contributed by atoms with E-state index in [1.54, 1.807) is 11.3 Å². The highest BCUT2D eigenvalue weighted by molar-refractivity contribution is 7.80. The molecule has 2 rings (SSSR count). The summed E-state index contributed by atoms with van der Waals surface area (Å²) in [6.45, 7) is 1.75. The molecule has 0 unspecified atom stereocenters. The zero-order valence-corrected chi connectivity index (χ0v) is 11.8. The number of hydrogen-bond acceptors (Lipinski definition) is 4. The molecule has 0 saturated heterocycles. The second-order valence-corrected chi connectivity index (χ2v) is 5.37. The Morgan fingerprint density at radius 2 is 2.06 bits per heavy atom. The monoisotopic (exact) mass is 277 g/mol. The minimum Gasteiger partial charge on any atom is -0.389 e. The molecule has 1 aromatic heterocycles. The van der Waals surface area contributed by atoms with Crippen LogP contribution in [-0.4, -0.2) is 21.9 Å². The maximum Gasteiger partial charge on any atom is 0.103 e. The smallest absolute Gasteiger partial charge is 0.103 e. The van der Waals surface area contributed by atoms with Gasteiger partial charge in [0.15, 0.2) is 0 Å². The van der Waals surface area contributed by atoms with Gasteiger partial charge in [-0.2, -0.15) is 0 Å². The summed E-state index contributed by atoms with van der Waals surface area (Å²) in [6, 6.07) is 8.06. The fraction of sp³-hybridized carbons (Fsp3) is 0.231. The number of hydrogen-bond donors (Lipinski definition) is 1. The molecule has 0 bridgehead atoms. The van der Waals surface area contributed by atoms with Gasteiger partial charge in [0.25, 0.3) is 0 Å². The molecule has 0 amide bonds. The number of nitrogens with two attached hydrogens (primary N) is 1. The molecule has 1 heterocycles. The van der Waals surface area contributed by atoms with Crippen LogP contribution in [0.15, 0.2) is 35.2 Å². The number of thiocarbonyl (C=S) groups is 1. The number of benzene rings is 1. The van der Waals surface area contributed by atoms with Crippen LogP contribution >= 0.6 is 23.6 Å². The Morgan fingerprint density at radius 1 is 1.33 bits per heavy atom. The average molecular weight is 277 g/mol. The Hall–Kier alpha value is -1.30. The van der Waals surface area contributed by atoms with Crippen molar-refractivity contribution >= 4 is 28.5 Å². The van der Waals surface area contributed by atoms with Crippen molar-refractivity contribution in [3.63, 3.8) is 0 Å². The van der Waals surface area contributed by atoms with Gasteiger partial charge in [0.1, 0.15) is 4.99 Å². The highest BCUT2D eigenvalue weighted by Crippen LogP contribution is 2.10.